The third kappa shape index (κ3) is 4.57. The first-order valence-corrected chi connectivity index (χ1v) is 19.2. The Bertz CT molecular complexity index is 3460. The fourth-order valence-corrected chi connectivity index (χ4v) is 9.17. The Morgan fingerprint density at radius 3 is 1.48 bits per heavy atom. The quantitative estimate of drug-likeness (QED) is 0.170. The van der Waals surface area contributed by atoms with Gasteiger partial charge in [-0.1, -0.05) is 164 Å². The molecule has 0 bridgehead atoms. The molecule has 2 aromatic heterocycles. The molecule has 0 fully saturated rings. The highest BCUT2D eigenvalue weighted by atomic mass is 16.3. The van der Waals surface area contributed by atoms with Gasteiger partial charge in [0.15, 0.2) is 0 Å². The predicted octanol–water partition coefficient (Wildman–Crippen LogP) is 15.6. The molecule has 12 aromatic rings. The Balaban J connectivity index is 1.06. The molecule has 2 heterocycles. The number of hydrogen-bond acceptors (Lipinski definition) is 2. The first kappa shape index (κ1) is 31.0. The van der Waals surface area contributed by atoms with Gasteiger partial charge in [-0.3, -0.25) is 0 Å². The highest BCUT2D eigenvalue weighted by molar-refractivity contribution is 6.27. The van der Waals surface area contributed by atoms with Crippen LogP contribution in [-0.4, -0.2) is 0 Å². The van der Waals surface area contributed by atoms with Crippen LogP contribution in [0, 0.1) is 0 Å². The summed E-state index contributed by atoms with van der Waals surface area (Å²) in [6, 6.07) is 69.7. The maximum absolute atomic E-state index is 6.92. The lowest BCUT2D eigenvalue weighted by molar-refractivity contribution is 0.669. The zero-order valence-corrected chi connectivity index (χ0v) is 30.3. The van der Waals surface area contributed by atoms with Crippen LogP contribution in [0.4, 0.5) is 0 Å². The zero-order chi connectivity index (χ0) is 36.7. The number of fused-ring (bicyclic) bond motifs is 9. The topological polar surface area (TPSA) is 26.3 Å². The van der Waals surface area contributed by atoms with Crippen LogP contribution in [0.2, 0.25) is 0 Å². The molecule has 0 aliphatic rings. The van der Waals surface area contributed by atoms with Gasteiger partial charge in [0.05, 0.1) is 0 Å². The Hall–Kier alpha value is -7.42. The molecule has 0 aliphatic carbocycles. The van der Waals surface area contributed by atoms with E-state index in [9.17, 15) is 0 Å². The van der Waals surface area contributed by atoms with E-state index in [1.54, 1.807) is 0 Å². The highest BCUT2D eigenvalue weighted by Gasteiger charge is 2.23. The van der Waals surface area contributed by atoms with E-state index in [0.29, 0.717) is 0 Å². The van der Waals surface area contributed by atoms with Gasteiger partial charge in [0.2, 0.25) is 0 Å². The largest absolute Gasteiger partial charge is 0.456 e. The van der Waals surface area contributed by atoms with Gasteiger partial charge in [0.25, 0.3) is 0 Å². The van der Waals surface area contributed by atoms with Crippen molar-refractivity contribution in [1.29, 1.82) is 0 Å². The third-order valence-electron chi connectivity index (χ3n) is 11.7. The number of benzene rings is 10. The van der Waals surface area contributed by atoms with Crippen molar-refractivity contribution in [3.63, 3.8) is 0 Å². The second-order valence-electron chi connectivity index (χ2n) is 14.7. The van der Waals surface area contributed by atoms with E-state index in [1.165, 1.54) is 49.0 Å². The van der Waals surface area contributed by atoms with Gasteiger partial charge < -0.3 is 8.83 Å². The molecule has 0 spiro atoms. The lowest BCUT2D eigenvalue weighted by Gasteiger charge is -2.19. The van der Waals surface area contributed by atoms with Crippen LogP contribution in [0.3, 0.4) is 0 Å². The molecule has 0 saturated carbocycles. The van der Waals surface area contributed by atoms with Crippen molar-refractivity contribution in [3.05, 3.63) is 194 Å². The second kappa shape index (κ2) is 12.0. The normalized spacial score (nSPS) is 11.9. The van der Waals surface area contributed by atoms with Gasteiger partial charge in [-0.05, 0) is 96.0 Å². The molecule has 12 rings (SSSR count). The second-order valence-corrected chi connectivity index (χ2v) is 14.7. The van der Waals surface area contributed by atoms with E-state index in [4.69, 9.17) is 8.83 Å². The standard InChI is InChI=1S/C54H32O2/c1-2-14-37-34(12-1)13-11-21-41(37)51-42-16-3-5-18-44(42)52(45-19-6-4-17-43(45)51)47-31-30-38(53-46-20-8-10-23-49(46)56-54(47)53)35-26-24-33(25-27-35)36-28-29-40-39-15-7-9-22-48(39)55-50(40)32-36/h1-32H. The molecule has 2 nitrogen and oxygen atoms in total. The molecule has 0 saturated heterocycles. The van der Waals surface area contributed by atoms with E-state index in [0.717, 1.165) is 71.7 Å². The zero-order valence-electron chi connectivity index (χ0n) is 30.3. The number of furan rings is 2. The van der Waals surface area contributed by atoms with Gasteiger partial charge in [0, 0.05) is 32.7 Å². The summed E-state index contributed by atoms with van der Waals surface area (Å²) in [5.41, 5.74) is 12.9. The van der Waals surface area contributed by atoms with Crippen molar-refractivity contribution in [3.8, 4) is 44.5 Å². The number of rotatable bonds is 4. The predicted molar refractivity (Wildman–Crippen MR) is 235 cm³/mol. The molecule has 0 unspecified atom stereocenters. The minimum absolute atomic E-state index is 0.882. The molecule has 0 amide bonds. The molecule has 260 valence electrons. The van der Waals surface area contributed by atoms with Crippen molar-refractivity contribution >= 4 is 76.2 Å². The monoisotopic (exact) mass is 712 g/mol. The van der Waals surface area contributed by atoms with Crippen LogP contribution in [0.15, 0.2) is 203 Å². The maximum atomic E-state index is 6.92. The molecular weight excluding hydrogens is 681 g/mol. The Morgan fingerprint density at radius 2 is 0.768 bits per heavy atom. The summed E-state index contributed by atoms with van der Waals surface area (Å²) in [7, 11) is 0. The third-order valence-corrected chi connectivity index (χ3v) is 11.7. The lowest BCUT2D eigenvalue weighted by atomic mass is 9.84. The Labute approximate surface area is 322 Å². The van der Waals surface area contributed by atoms with Crippen molar-refractivity contribution in [1.82, 2.24) is 0 Å². The molecular formula is C54H32O2. The van der Waals surface area contributed by atoms with Crippen LogP contribution >= 0.6 is 0 Å². The van der Waals surface area contributed by atoms with E-state index in [2.05, 4.69) is 182 Å². The van der Waals surface area contributed by atoms with E-state index >= 15 is 0 Å². The summed E-state index contributed by atoms with van der Waals surface area (Å²) in [6.07, 6.45) is 0. The van der Waals surface area contributed by atoms with Gasteiger partial charge in [-0.25, -0.2) is 0 Å². The molecule has 10 aromatic carbocycles. The lowest BCUT2D eigenvalue weighted by Crippen LogP contribution is -1.92. The first-order valence-electron chi connectivity index (χ1n) is 19.2. The average Bonchev–Trinajstić information content (AvgIpc) is 3.84. The van der Waals surface area contributed by atoms with Crippen molar-refractivity contribution in [2.24, 2.45) is 0 Å². The summed E-state index contributed by atoms with van der Waals surface area (Å²) < 4.78 is 13.1. The first-order chi connectivity index (χ1) is 27.8. The molecule has 2 heteroatoms. The Kier molecular flexibility index (Phi) is 6.66. The number of para-hydroxylation sites is 2. The van der Waals surface area contributed by atoms with Crippen LogP contribution in [0.25, 0.3) is 121 Å². The van der Waals surface area contributed by atoms with E-state index in [1.807, 2.05) is 12.1 Å². The number of hydrogen-bond donors (Lipinski definition) is 0. The van der Waals surface area contributed by atoms with Gasteiger partial charge >= 0.3 is 0 Å². The van der Waals surface area contributed by atoms with Crippen LogP contribution in [-0.2, 0) is 0 Å². The Morgan fingerprint density at radius 1 is 0.268 bits per heavy atom. The maximum Gasteiger partial charge on any atom is 0.143 e. The van der Waals surface area contributed by atoms with Crippen molar-refractivity contribution in [2.75, 3.05) is 0 Å². The minimum atomic E-state index is 0.882. The minimum Gasteiger partial charge on any atom is -0.456 e. The fourth-order valence-electron chi connectivity index (χ4n) is 9.17. The summed E-state index contributed by atoms with van der Waals surface area (Å²) in [5, 5.41) is 11.9. The molecule has 0 radical (unpaired) electrons. The van der Waals surface area contributed by atoms with E-state index in [-0.39, 0.29) is 0 Å². The highest BCUT2D eigenvalue weighted by Crippen LogP contribution is 2.49. The summed E-state index contributed by atoms with van der Waals surface area (Å²) in [4.78, 5) is 0. The summed E-state index contributed by atoms with van der Waals surface area (Å²) in [5.74, 6) is 0. The van der Waals surface area contributed by atoms with Gasteiger partial charge in [-0.15, -0.1) is 0 Å². The van der Waals surface area contributed by atoms with Crippen molar-refractivity contribution in [2.45, 2.75) is 0 Å². The summed E-state index contributed by atoms with van der Waals surface area (Å²) >= 11 is 0. The van der Waals surface area contributed by atoms with Gasteiger partial charge in [0.1, 0.15) is 22.3 Å². The van der Waals surface area contributed by atoms with Gasteiger partial charge in [-0.2, -0.15) is 0 Å². The molecule has 0 aliphatic heterocycles. The van der Waals surface area contributed by atoms with Crippen molar-refractivity contribution < 1.29 is 8.83 Å². The van der Waals surface area contributed by atoms with E-state index < -0.39 is 0 Å². The van der Waals surface area contributed by atoms with Crippen LogP contribution in [0.5, 0.6) is 0 Å². The fraction of sp³-hybridized carbons (Fsp3) is 0. The summed E-state index contributed by atoms with van der Waals surface area (Å²) in [6.45, 7) is 0. The SMILES string of the molecule is c1ccc2c(-c3c4ccccc4c(-c4ccc(-c5ccc(-c6ccc7c(c6)oc6ccccc67)cc5)c5c4oc4ccccc45)c4ccccc34)cccc2c1. The smallest absolute Gasteiger partial charge is 0.143 e. The average molecular weight is 713 g/mol. The molecule has 56 heavy (non-hydrogen) atoms. The molecule has 0 atom stereocenters. The van der Waals surface area contributed by atoms with Crippen LogP contribution < -0.4 is 0 Å². The van der Waals surface area contributed by atoms with Crippen LogP contribution in [0.1, 0.15) is 0 Å². The molecule has 0 N–H and O–H groups in total.